The number of benzene rings is 2. The lowest BCUT2D eigenvalue weighted by molar-refractivity contribution is 0.0835. The maximum atomic E-state index is 13.2. The molecule has 0 aromatic heterocycles. The van der Waals surface area contributed by atoms with Crippen molar-refractivity contribution in [3.05, 3.63) is 59.7 Å². The predicted molar refractivity (Wildman–Crippen MR) is 128 cm³/mol. The van der Waals surface area contributed by atoms with Gasteiger partial charge in [-0.25, -0.2) is 0 Å². The van der Waals surface area contributed by atoms with Crippen LogP contribution >= 0.6 is 0 Å². The predicted octanol–water partition coefficient (Wildman–Crippen LogP) is 3.91. The van der Waals surface area contributed by atoms with Gasteiger partial charge in [-0.2, -0.15) is 0 Å². The lowest BCUT2D eigenvalue weighted by atomic mass is 9.86. The standard InChI is InChI=1S/C26H36N2O4/c1-27(2)17-21(25(29)19-9-13-23(31-5)14-10-19)7-8-22(18-28(3)4)26(30)20-11-15-24(32-6)16-12-20/h9-16,21-22H,7-8,17-18H2,1-6H3/t21-,22-/m1/s1. The van der Waals surface area contributed by atoms with Gasteiger partial charge < -0.3 is 19.3 Å². The zero-order valence-electron chi connectivity index (χ0n) is 20.1. The molecule has 32 heavy (non-hydrogen) atoms. The van der Waals surface area contributed by atoms with E-state index < -0.39 is 0 Å². The molecule has 0 spiro atoms. The van der Waals surface area contributed by atoms with Gasteiger partial charge in [0.2, 0.25) is 0 Å². The number of hydrogen-bond acceptors (Lipinski definition) is 6. The van der Waals surface area contributed by atoms with Crippen molar-refractivity contribution in [3.8, 4) is 11.5 Å². The third-order valence-electron chi connectivity index (χ3n) is 5.53. The Morgan fingerprint density at radius 1 is 0.656 bits per heavy atom. The Labute approximate surface area is 192 Å². The molecule has 0 unspecified atom stereocenters. The second kappa shape index (κ2) is 12.4. The summed E-state index contributed by atoms with van der Waals surface area (Å²) < 4.78 is 10.4. The summed E-state index contributed by atoms with van der Waals surface area (Å²) in [6.07, 6.45) is 1.28. The van der Waals surface area contributed by atoms with Gasteiger partial charge in [0.15, 0.2) is 11.6 Å². The Hall–Kier alpha value is -2.70. The molecule has 0 saturated heterocycles. The molecular weight excluding hydrogens is 404 g/mol. The van der Waals surface area contributed by atoms with Gasteiger partial charge in [0.25, 0.3) is 0 Å². The summed E-state index contributed by atoms with van der Waals surface area (Å²) in [4.78, 5) is 30.5. The molecule has 2 aromatic carbocycles. The van der Waals surface area contributed by atoms with Crippen molar-refractivity contribution in [2.45, 2.75) is 12.8 Å². The monoisotopic (exact) mass is 440 g/mol. The van der Waals surface area contributed by atoms with Crippen LogP contribution in [0.2, 0.25) is 0 Å². The number of carbonyl (C=O) groups excluding carboxylic acids is 2. The molecule has 6 nitrogen and oxygen atoms in total. The molecule has 2 aromatic rings. The lowest BCUT2D eigenvalue weighted by Crippen LogP contribution is -2.32. The van der Waals surface area contributed by atoms with E-state index in [9.17, 15) is 9.59 Å². The first kappa shape index (κ1) is 25.6. The normalized spacial score (nSPS) is 13.1. The van der Waals surface area contributed by atoms with Crippen molar-refractivity contribution >= 4 is 11.6 Å². The molecule has 6 heteroatoms. The first-order chi connectivity index (χ1) is 15.2. The van der Waals surface area contributed by atoms with Gasteiger partial charge in [-0.05, 0) is 89.6 Å². The number of hydrogen-bond donors (Lipinski definition) is 0. The number of nitrogens with zero attached hydrogens (tertiary/aromatic N) is 2. The van der Waals surface area contributed by atoms with Gasteiger partial charge in [-0.3, -0.25) is 9.59 Å². The van der Waals surface area contributed by atoms with Gasteiger partial charge in [-0.1, -0.05) is 0 Å². The van der Waals surface area contributed by atoms with E-state index in [1.165, 1.54) is 0 Å². The van der Waals surface area contributed by atoms with Crippen molar-refractivity contribution in [1.29, 1.82) is 0 Å². The largest absolute Gasteiger partial charge is 0.497 e. The van der Waals surface area contributed by atoms with Crippen molar-refractivity contribution < 1.29 is 19.1 Å². The number of methoxy groups -OCH3 is 2. The van der Waals surface area contributed by atoms with Crippen LogP contribution in [0.3, 0.4) is 0 Å². The Bertz CT molecular complexity index is 787. The Morgan fingerprint density at radius 3 is 1.22 bits per heavy atom. The molecule has 0 saturated carbocycles. The summed E-state index contributed by atoms with van der Waals surface area (Å²) in [7, 11) is 11.1. The second-order valence-electron chi connectivity index (χ2n) is 8.68. The summed E-state index contributed by atoms with van der Waals surface area (Å²) in [6, 6.07) is 14.5. The van der Waals surface area contributed by atoms with Gasteiger partial charge in [0.1, 0.15) is 11.5 Å². The Morgan fingerprint density at radius 2 is 0.969 bits per heavy atom. The number of rotatable bonds is 13. The number of carbonyl (C=O) groups is 2. The fourth-order valence-electron chi connectivity index (χ4n) is 3.88. The summed E-state index contributed by atoms with van der Waals surface area (Å²) in [5.74, 6) is 1.27. The van der Waals surface area contributed by atoms with E-state index in [1.54, 1.807) is 14.2 Å². The molecule has 0 aliphatic heterocycles. The van der Waals surface area contributed by atoms with E-state index in [0.717, 1.165) is 11.5 Å². The highest BCUT2D eigenvalue weighted by atomic mass is 16.5. The van der Waals surface area contributed by atoms with Gasteiger partial charge >= 0.3 is 0 Å². The molecule has 0 bridgehead atoms. The van der Waals surface area contributed by atoms with E-state index in [2.05, 4.69) is 0 Å². The molecular formula is C26H36N2O4. The first-order valence-electron chi connectivity index (χ1n) is 10.9. The summed E-state index contributed by atoms with van der Waals surface area (Å²) >= 11 is 0. The maximum absolute atomic E-state index is 13.2. The van der Waals surface area contributed by atoms with Crippen LogP contribution in [0.5, 0.6) is 11.5 Å². The van der Waals surface area contributed by atoms with Gasteiger partial charge in [0.05, 0.1) is 14.2 Å². The van der Waals surface area contributed by atoms with Crippen molar-refractivity contribution in [1.82, 2.24) is 9.80 Å². The van der Waals surface area contributed by atoms with Crippen LogP contribution in [0.15, 0.2) is 48.5 Å². The van der Waals surface area contributed by atoms with Crippen molar-refractivity contribution in [2.75, 3.05) is 55.5 Å². The molecule has 0 fully saturated rings. The smallest absolute Gasteiger partial charge is 0.167 e. The van der Waals surface area contributed by atoms with Crippen LogP contribution in [0, 0.1) is 11.8 Å². The minimum atomic E-state index is -0.188. The zero-order chi connectivity index (χ0) is 23.7. The number of ether oxygens (including phenoxy) is 2. The molecule has 0 aliphatic carbocycles. The van der Waals surface area contributed by atoms with Crippen LogP contribution in [-0.4, -0.2) is 76.9 Å². The zero-order valence-corrected chi connectivity index (χ0v) is 20.1. The minimum Gasteiger partial charge on any atom is -0.497 e. The molecule has 0 aliphatic rings. The fraction of sp³-hybridized carbons (Fsp3) is 0.462. The van der Waals surface area contributed by atoms with Crippen LogP contribution in [0.1, 0.15) is 33.6 Å². The highest BCUT2D eigenvalue weighted by Crippen LogP contribution is 2.24. The van der Waals surface area contributed by atoms with E-state index >= 15 is 0 Å². The molecule has 174 valence electrons. The highest BCUT2D eigenvalue weighted by Gasteiger charge is 2.26. The fourth-order valence-corrected chi connectivity index (χ4v) is 3.88. The highest BCUT2D eigenvalue weighted by molar-refractivity contribution is 5.99. The average Bonchev–Trinajstić information content (AvgIpc) is 2.79. The molecule has 0 N–H and O–H groups in total. The Balaban J connectivity index is 2.17. The SMILES string of the molecule is COc1ccc(C(=O)[C@H](CC[C@H](CN(C)C)C(=O)c2ccc(OC)cc2)CN(C)C)cc1. The third kappa shape index (κ3) is 7.46. The molecule has 2 rings (SSSR count). The minimum absolute atomic E-state index is 0.0989. The summed E-state index contributed by atoms with van der Waals surface area (Å²) in [6.45, 7) is 1.27. The third-order valence-corrected chi connectivity index (χ3v) is 5.53. The van der Waals surface area contributed by atoms with Gasteiger partial charge in [0, 0.05) is 36.1 Å². The quantitative estimate of drug-likeness (QED) is 0.440. The van der Waals surface area contributed by atoms with Crippen LogP contribution in [0.4, 0.5) is 0 Å². The molecule has 2 atom stereocenters. The molecule has 0 heterocycles. The lowest BCUT2D eigenvalue weighted by Gasteiger charge is -2.24. The number of ketones is 2. The summed E-state index contributed by atoms with van der Waals surface area (Å²) in [5, 5.41) is 0. The topological polar surface area (TPSA) is 59.1 Å². The van der Waals surface area contributed by atoms with Crippen LogP contribution < -0.4 is 9.47 Å². The Kier molecular flexibility index (Phi) is 9.88. The van der Waals surface area contributed by atoms with Crippen molar-refractivity contribution in [2.24, 2.45) is 11.8 Å². The molecule has 0 radical (unpaired) electrons. The maximum Gasteiger partial charge on any atom is 0.167 e. The van der Waals surface area contributed by atoms with E-state index in [4.69, 9.17) is 9.47 Å². The second-order valence-corrected chi connectivity index (χ2v) is 8.68. The van der Waals surface area contributed by atoms with Crippen LogP contribution in [-0.2, 0) is 0 Å². The van der Waals surface area contributed by atoms with E-state index in [0.29, 0.717) is 37.1 Å². The van der Waals surface area contributed by atoms with Gasteiger partial charge in [-0.15, -0.1) is 0 Å². The van der Waals surface area contributed by atoms with E-state index in [1.807, 2.05) is 86.5 Å². The van der Waals surface area contributed by atoms with Crippen molar-refractivity contribution in [3.63, 3.8) is 0 Å². The van der Waals surface area contributed by atoms with E-state index in [-0.39, 0.29) is 23.4 Å². The average molecular weight is 441 g/mol. The number of Topliss-reactive ketones (excluding diaryl/α,β-unsaturated/α-hetero) is 2. The van der Waals surface area contributed by atoms with Crippen LogP contribution in [0.25, 0.3) is 0 Å². The first-order valence-corrected chi connectivity index (χ1v) is 10.9. The molecule has 0 amide bonds. The summed E-state index contributed by atoms with van der Waals surface area (Å²) in [5.41, 5.74) is 1.34.